The van der Waals surface area contributed by atoms with Gasteiger partial charge in [0.15, 0.2) is 12.4 Å². The van der Waals surface area contributed by atoms with E-state index in [1.807, 2.05) is 6.92 Å². The van der Waals surface area contributed by atoms with Gasteiger partial charge in [-0.15, -0.1) is 0 Å². The maximum absolute atomic E-state index is 11.0. The zero-order valence-corrected chi connectivity index (χ0v) is 11.6. The van der Waals surface area contributed by atoms with Crippen LogP contribution in [-0.4, -0.2) is 15.1 Å². The molecule has 0 radical (unpaired) electrons. The van der Waals surface area contributed by atoms with Crippen LogP contribution >= 0.6 is 0 Å². The number of nitrogens with zero attached hydrogens (tertiary/aromatic N) is 3. The lowest BCUT2D eigenvalue weighted by molar-refractivity contribution is -0.386. The van der Waals surface area contributed by atoms with Crippen LogP contribution in [0.15, 0.2) is 22.7 Å². The molecule has 2 N–H and O–H groups in total. The molecule has 2 rings (SSSR count). The van der Waals surface area contributed by atoms with Gasteiger partial charge < -0.3 is 15.0 Å². The average molecular weight is 292 g/mol. The van der Waals surface area contributed by atoms with E-state index in [-0.39, 0.29) is 24.6 Å². The van der Waals surface area contributed by atoms with Gasteiger partial charge in [-0.1, -0.05) is 18.1 Å². The van der Waals surface area contributed by atoms with Crippen LogP contribution in [0.2, 0.25) is 0 Å². The molecule has 8 nitrogen and oxygen atoms in total. The minimum absolute atomic E-state index is 0.00206. The van der Waals surface area contributed by atoms with Crippen molar-refractivity contribution in [2.75, 3.05) is 0 Å². The minimum Gasteiger partial charge on any atom is -0.478 e. The lowest BCUT2D eigenvalue weighted by Crippen LogP contribution is -2.03. The van der Waals surface area contributed by atoms with Crippen LogP contribution in [0.25, 0.3) is 0 Å². The van der Waals surface area contributed by atoms with E-state index in [1.54, 1.807) is 12.1 Å². The topological polar surface area (TPSA) is 117 Å². The normalized spacial score (nSPS) is 10.6. The molecule has 1 heterocycles. The molecule has 8 heteroatoms. The largest absolute Gasteiger partial charge is 0.478 e. The Labute approximate surface area is 121 Å². The van der Waals surface area contributed by atoms with Gasteiger partial charge in [-0.2, -0.15) is 4.98 Å². The standard InChI is InChI=1S/C13H16N4O4/c1-2-3-13-15-12(16-21-13)8-20-11-6-9(7-14)4-5-10(11)17(18)19/h4-6H,2-3,7-8,14H2,1H3. The second-order valence-corrected chi connectivity index (χ2v) is 4.41. The molecule has 0 atom stereocenters. The number of nitro groups is 1. The summed E-state index contributed by atoms with van der Waals surface area (Å²) in [4.78, 5) is 14.6. The van der Waals surface area contributed by atoms with Crippen LogP contribution in [0.5, 0.6) is 5.75 Å². The number of nitro benzene ring substituents is 1. The van der Waals surface area contributed by atoms with Crippen molar-refractivity contribution in [1.29, 1.82) is 0 Å². The molecule has 1 aromatic heterocycles. The van der Waals surface area contributed by atoms with Crippen molar-refractivity contribution in [2.24, 2.45) is 5.73 Å². The fourth-order valence-corrected chi connectivity index (χ4v) is 1.76. The number of aryl methyl sites for hydroxylation is 1. The van der Waals surface area contributed by atoms with Gasteiger partial charge in [0, 0.05) is 19.0 Å². The summed E-state index contributed by atoms with van der Waals surface area (Å²) in [7, 11) is 0. The first-order valence-corrected chi connectivity index (χ1v) is 6.55. The first-order chi connectivity index (χ1) is 10.1. The van der Waals surface area contributed by atoms with Crippen molar-refractivity contribution in [2.45, 2.75) is 32.9 Å². The highest BCUT2D eigenvalue weighted by Gasteiger charge is 2.16. The van der Waals surface area contributed by atoms with E-state index in [1.165, 1.54) is 6.07 Å². The van der Waals surface area contributed by atoms with Crippen LogP contribution in [0.4, 0.5) is 5.69 Å². The summed E-state index contributed by atoms with van der Waals surface area (Å²) in [5.74, 6) is 1.02. The molecule has 0 amide bonds. The first-order valence-electron chi connectivity index (χ1n) is 6.55. The molecule has 0 spiro atoms. The second kappa shape index (κ2) is 6.80. The molecule has 0 unspecified atom stereocenters. The molecule has 21 heavy (non-hydrogen) atoms. The summed E-state index contributed by atoms with van der Waals surface area (Å²) in [6.45, 7) is 2.28. The van der Waals surface area contributed by atoms with Crippen molar-refractivity contribution in [1.82, 2.24) is 10.1 Å². The highest BCUT2D eigenvalue weighted by Crippen LogP contribution is 2.28. The molecule has 112 valence electrons. The molecular formula is C13H16N4O4. The fraction of sp³-hybridized carbons (Fsp3) is 0.385. The van der Waals surface area contributed by atoms with Crippen molar-refractivity contribution >= 4 is 5.69 Å². The lowest BCUT2D eigenvalue weighted by atomic mass is 10.2. The zero-order valence-electron chi connectivity index (χ0n) is 11.6. The molecule has 2 aromatic rings. The number of benzene rings is 1. The molecule has 0 aliphatic carbocycles. The monoisotopic (exact) mass is 292 g/mol. The lowest BCUT2D eigenvalue weighted by Gasteiger charge is -2.06. The molecule has 0 aliphatic rings. The van der Waals surface area contributed by atoms with E-state index >= 15 is 0 Å². The fourth-order valence-electron chi connectivity index (χ4n) is 1.76. The maximum Gasteiger partial charge on any atom is 0.310 e. The number of ether oxygens (including phenoxy) is 1. The van der Waals surface area contributed by atoms with Gasteiger partial charge in [0.25, 0.3) is 0 Å². The van der Waals surface area contributed by atoms with Crippen LogP contribution in [0, 0.1) is 10.1 Å². The zero-order chi connectivity index (χ0) is 15.2. The predicted octanol–water partition coefficient (Wildman–Crippen LogP) is 1.97. The van der Waals surface area contributed by atoms with Gasteiger partial charge in [0.1, 0.15) is 0 Å². The SMILES string of the molecule is CCCc1nc(COc2cc(CN)ccc2[N+](=O)[O-])no1. The third-order valence-corrected chi connectivity index (χ3v) is 2.79. The Balaban J connectivity index is 2.12. The predicted molar refractivity (Wildman–Crippen MR) is 73.6 cm³/mol. The number of hydrogen-bond donors (Lipinski definition) is 1. The van der Waals surface area contributed by atoms with Gasteiger partial charge in [-0.05, 0) is 18.1 Å². The van der Waals surface area contributed by atoms with E-state index in [9.17, 15) is 10.1 Å². The van der Waals surface area contributed by atoms with Crippen LogP contribution < -0.4 is 10.5 Å². The summed E-state index contributed by atoms with van der Waals surface area (Å²) in [5.41, 5.74) is 6.15. The van der Waals surface area contributed by atoms with E-state index in [4.69, 9.17) is 15.0 Å². The molecule has 0 saturated carbocycles. The van der Waals surface area contributed by atoms with Crippen LogP contribution in [-0.2, 0) is 19.6 Å². The van der Waals surface area contributed by atoms with Gasteiger partial charge in [0.05, 0.1) is 4.92 Å². The van der Waals surface area contributed by atoms with Crippen LogP contribution in [0.3, 0.4) is 0 Å². The number of aromatic nitrogens is 2. The number of hydrogen-bond acceptors (Lipinski definition) is 7. The highest BCUT2D eigenvalue weighted by molar-refractivity contribution is 5.48. The third-order valence-electron chi connectivity index (χ3n) is 2.79. The molecule has 1 aromatic carbocycles. The van der Waals surface area contributed by atoms with Crippen molar-refractivity contribution in [3.8, 4) is 5.75 Å². The molecular weight excluding hydrogens is 276 g/mol. The Morgan fingerprint density at radius 1 is 1.48 bits per heavy atom. The van der Waals surface area contributed by atoms with Crippen LogP contribution in [0.1, 0.15) is 30.6 Å². The van der Waals surface area contributed by atoms with Gasteiger partial charge >= 0.3 is 5.69 Å². The summed E-state index contributed by atoms with van der Waals surface area (Å²) in [5, 5.41) is 14.7. The Hall–Kier alpha value is -2.48. The van der Waals surface area contributed by atoms with Gasteiger partial charge in [-0.25, -0.2) is 0 Å². The summed E-state index contributed by atoms with van der Waals surface area (Å²) >= 11 is 0. The Morgan fingerprint density at radius 2 is 2.29 bits per heavy atom. The van der Waals surface area contributed by atoms with Crippen molar-refractivity contribution in [3.05, 3.63) is 45.6 Å². The van der Waals surface area contributed by atoms with Crippen molar-refractivity contribution < 1.29 is 14.2 Å². The first kappa shape index (κ1) is 14.9. The van der Waals surface area contributed by atoms with Gasteiger partial charge in [0.2, 0.25) is 11.7 Å². The summed E-state index contributed by atoms with van der Waals surface area (Å²) in [6, 6.07) is 4.51. The Kier molecular flexibility index (Phi) is 4.83. The Bertz CT molecular complexity index is 626. The maximum atomic E-state index is 11.0. The molecule has 0 saturated heterocycles. The summed E-state index contributed by atoms with van der Waals surface area (Å²) in [6.07, 6.45) is 1.59. The van der Waals surface area contributed by atoms with E-state index < -0.39 is 4.92 Å². The quantitative estimate of drug-likeness (QED) is 0.612. The highest BCUT2D eigenvalue weighted by atomic mass is 16.6. The number of rotatable bonds is 7. The Morgan fingerprint density at radius 3 is 2.95 bits per heavy atom. The van der Waals surface area contributed by atoms with Gasteiger partial charge in [-0.3, -0.25) is 10.1 Å². The summed E-state index contributed by atoms with van der Waals surface area (Å²) < 4.78 is 10.5. The third kappa shape index (κ3) is 3.76. The molecule has 0 fully saturated rings. The smallest absolute Gasteiger partial charge is 0.310 e. The average Bonchev–Trinajstić information content (AvgIpc) is 2.92. The van der Waals surface area contributed by atoms with E-state index in [0.717, 1.165) is 12.0 Å². The molecule has 0 aliphatic heterocycles. The minimum atomic E-state index is -0.506. The number of nitrogens with two attached hydrogens (primary N) is 1. The molecule has 0 bridgehead atoms. The van der Waals surface area contributed by atoms with E-state index in [2.05, 4.69) is 10.1 Å². The van der Waals surface area contributed by atoms with Crippen molar-refractivity contribution in [3.63, 3.8) is 0 Å². The van der Waals surface area contributed by atoms with E-state index in [0.29, 0.717) is 18.1 Å². The second-order valence-electron chi connectivity index (χ2n) is 4.41.